The molecule has 0 radical (unpaired) electrons. The molecular weight excluding hydrogens is 276 g/mol. The Balaban J connectivity index is 0.00000361. The molecule has 0 heterocycles. The smallest absolute Gasteiger partial charge is 0.223 e. The first kappa shape index (κ1) is 18.7. The van der Waals surface area contributed by atoms with Gasteiger partial charge >= 0.3 is 0 Å². The molecule has 0 unspecified atom stereocenters. The molecule has 1 amide bonds. The van der Waals surface area contributed by atoms with Crippen molar-refractivity contribution in [3.63, 3.8) is 0 Å². The number of ether oxygens (including phenoxy) is 1. The molecule has 0 fully saturated rings. The Bertz CT molecular complexity index is 422. The van der Waals surface area contributed by atoms with E-state index >= 15 is 0 Å². The molecule has 1 rings (SSSR count). The van der Waals surface area contributed by atoms with E-state index in [4.69, 9.17) is 10.5 Å². The Hall–Kier alpha value is -1.26. The van der Waals surface area contributed by atoms with Crippen LogP contribution in [0.15, 0.2) is 18.2 Å². The first-order chi connectivity index (χ1) is 8.76. The van der Waals surface area contributed by atoms with Crippen molar-refractivity contribution in [2.75, 3.05) is 13.2 Å². The molecule has 0 saturated heterocycles. The molecule has 0 aromatic heterocycles. The summed E-state index contributed by atoms with van der Waals surface area (Å²) in [5.41, 5.74) is 7.72. The van der Waals surface area contributed by atoms with Crippen LogP contribution in [0.2, 0.25) is 0 Å². The van der Waals surface area contributed by atoms with E-state index in [-0.39, 0.29) is 23.9 Å². The molecule has 0 aliphatic heterocycles. The monoisotopic (exact) mass is 300 g/mol. The second-order valence-corrected chi connectivity index (χ2v) is 5.69. The molecule has 0 saturated carbocycles. The fraction of sp³-hybridized carbons (Fsp3) is 0.533. The number of nitrogens with one attached hydrogen (secondary N) is 1. The summed E-state index contributed by atoms with van der Waals surface area (Å²) >= 11 is 0. The van der Waals surface area contributed by atoms with Gasteiger partial charge in [0.05, 0.1) is 13.0 Å². The molecule has 1 aromatic carbocycles. The number of rotatable bonds is 6. The van der Waals surface area contributed by atoms with E-state index in [1.54, 1.807) is 0 Å². The number of hydrogen-bond acceptors (Lipinski definition) is 3. The van der Waals surface area contributed by atoms with Gasteiger partial charge in [0, 0.05) is 12.1 Å². The molecule has 5 heteroatoms. The lowest BCUT2D eigenvalue weighted by atomic mass is 10.1. The molecular formula is C15H25ClN2O2. The summed E-state index contributed by atoms with van der Waals surface area (Å²) < 4.78 is 5.58. The zero-order chi connectivity index (χ0) is 14.5. The third-order valence-corrected chi connectivity index (χ3v) is 2.53. The summed E-state index contributed by atoms with van der Waals surface area (Å²) in [6.07, 6.45) is 0.336. The maximum Gasteiger partial charge on any atom is 0.223 e. The number of nitrogens with two attached hydrogens (primary N) is 1. The number of halogens is 1. The largest absolute Gasteiger partial charge is 0.493 e. The van der Waals surface area contributed by atoms with Crippen molar-refractivity contribution in [2.24, 2.45) is 5.73 Å². The van der Waals surface area contributed by atoms with Crippen LogP contribution in [-0.4, -0.2) is 24.6 Å². The average Bonchev–Trinajstić information content (AvgIpc) is 2.24. The fourth-order valence-corrected chi connectivity index (χ4v) is 1.69. The topological polar surface area (TPSA) is 64.3 Å². The number of carbonyl (C=O) groups excluding carboxylic acids is 1. The average molecular weight is 301 g/mol. The third kappa shape index (κ3) is 8.02. The molecule has 0 bridgehead atoms. The summed E-state index contributed by atoms with van der Waals surface area (Å²) in [6, 6.07) is 6.02. The highest BCUT2D eigenvalue weighted by Gasteiger charge is 2.12. The van der Waals surface area contributed by atoms with E-state index in [0.29, 0.717) is 19.6 Å². The zero-order valence-electron chi connectivity index (χ0n) is 12.7. The van der Waals surface area contributed by atoms with E-state index in [2.05, 4.69) is 11.4 Å². The second kappa shape index (κ2) is 8.12. The van der Waals surface area contributed by atoms with Gasteiger partial charge in [0.1, 0.15) is 5.75 Å². The summed E-state index contributed by atoms with van der Waals surface area (Å²) in [5.74, 6) is 0.771. The number of hydrogen-bond donors (Lipinski definition) is 2. The van der Waals surface area contributed by atoms with Gasteiger partial charge in [0.25, 0.3) is 0 Å². The Morgan fingerprint density at radius 3 is 2.30 bits per heavy atom. The quantitative estimate of drug-likeness (QED) is 0.847. The van der Waals surface area contributed by atoms with Crippen molar-refractivity contribution in [3.8, 4) is 5.75 Å². The maximum absolute atomic E-state index is 11.6. The van der Waals surface area contributed by atoms with Gasteiger partial charge in [-0.1, -0.05) is 6.07 Å². The predicted octanol–water partition coefficient (Wildman–Crippen LogP) is 2.35. The molecule has 0 aliphatic rings. The molecule has 0 spiro atoms. The van der Waals surface area contributed by atoms with Crippen LogP contribution in [0, 0.1) is 13.8 Å². The van der Waals surface area contributed by atoms with E-state index < -0.39 is 0 Å². The van der Waals surface area contributed by atoms with Gasteiger partial charge in [-0.15, -0.1) is 12.4 Å². The Morgan fingerprint density at radius 2 is 1.80 bits per heavy atom. The summed E-state index contributed by atoms with van der Waals surface area (Å²) in [5, 5.41) is 2.79. The van der Waals surface area contributed by atoms with Crippen LogP contribution in [-0.2, 0) is 4.79 Å². The number of amides is 1. The highest BCUT2D eigenvalue weighted by molar-refractivity contribution is 5.85. The predicted molar refractivity (Wildman–Crippen MR) is 84.6 cm³/mol. The lowest BCUT2D eigenvalue weighted by Gasteiger charge is -2.18. The number of carbonyl (C=O) groups is 1. The number of benzene rings is 1. The van der Waals surface area contributed by atoms with E-state index in [9.17, 15) is 4.79 Å². The highest BCUT2D eigenvalue weighted by Crippen LogP contribution is 2.16. The van der Waals surface area contributed by atoms with Crippen LogP contribution >= 0.6 is 12.4 Å². The zero-order valence-corrected chi connectivity index (χ0v) is 13.5. The summed E-state index contributed by atoms with van der Waals surface area (Å²) in [4.78, 5) is 11.6. The molecule has 3 N–H and O–H groups in total. The van der Waals surface area contributed by atoms with Crippen molar-refractivity contribution < 1.29 is 9.53 Å². The van der Waals surface area contributed by atoms with Crippen LogP contribution in [0.4, 0.5) is 0 Å². The van der Waals surface area contributed by atoms with Crippen LogP contribution in [0.25, 0.3) is 0 Å². The van der Waals surface area contributed by atoms with Gasteiger partial charge in [-0.2, -0.15) is 0 Å². The van der Waals surface area contributed by atoms with Gasteiger partial charge < -0.3 is 15.8 Å². The van der Waals surface area contributed by atoms with Crippen molar-refractivity contribution in [1.29, 1.82) is 0 Å². The third-order valence-electron chi connectivity index (χ3n) is 2.53. The molecule has 1 aromatic rings. The van der Waals surface area contributed by atoms with Crippen molar-refractivity contribution in [1.82, 2.24) is 5.32 Å². The van der Waals surface area contributed by atoms with Crippen LogP contribution < -0.4 is 15.8 Å². The minimum atomic E-state index is -0.385. The minimum absolute atomic E-state index is 0. The molecule has 20 heavy (non-hydrogen) atoms. The van der Waals surface area contributed by atoms with Crippen LogP contribution in [0.3, 0.4) is 0 Å². The van der Waals surface area contributed by atoms with Gasteiger partial charge in [-0.25, -0.2) is 0 Å². The lowest BCUT2D eigenvalue weighted by molar-refractivity contribution is -0.121. The van der Waals surface area contributed by atoms with Crippen LogP contribution in [0.1, 0.15) is 31.4 Å². The molecule has 4 nitrogen and oxygen atoms in total. The molecule has 0 atom stereocenters. The van der Waals surface area contributed by atoms with Gasteiger partial charge in [-0.05, 0) is 51.0 Å². The second-order valence-electron chi connectivity index (χ2n) is 5.69. The highest BCUT2D eigenvalue weighted by atomic mass is 35.5. The van der Waals surface area contributed by atoms with E-state index in [1.807, 2.05) is 39.8 Å². The lowest BCUT2D eigenvalue weighted by Crippen LogP contribution is -2.45. The van der Waals surface area contributed by atoms with Gasteiger partial charge in [-0.3, -0.25) is 4.79 Å². The normalized spacial score (nSPS) is 10.7. The Kier molecular flexibility index (Phi) is 7.61. The summed E-state index contributed by atoms with van der Waals surface area (Å²) in [6.45, 7) is 8.64. The Labute approximate surface area is 127 Å². The van der Waals surface area contributed by atoms with Crippen LogP contribution in [0.5, 0.6) is 5.75 Å². The van der Waals surface area contributed by atoms with E-state index in [0.717, 1.165) is 16.9 Å². The standard InChI is InChI=1S/C15H24N2O2.ClH/c1-11-7-12(2)9-13(8-11)19-6-5-14(18)17-10-15(3,4)16;/h7-9H,5-6,10,16H2,1-4H3,(H,17,18);1H. The van der Waals surface area contributed by atoms with Gasteiger partial charge in [0.2, 0.25) is 5.91 Å². The van der Waals surface area contributed by atoms with E-state index in [1.165, 1.54) is 0 Å². The SMILES string of the molecule is Cc1cc(C)cc(OCCC(=O)NCC(C)(C)N)c1.Cl. The number of aryl methyl sites for hydroxylation is 2. The fourth-order valence-electron chi connectivity index (χ4n) is 1.69. The van der Waals surface area contributed by atoms with Gasteiger partial charge in [0.15, 0.2) is 0 Å². The Morgan fingerprint density at radius 1 is 1.25 bits per heavy atom. The summed E-state index contributed by atoms with van der Waals surface area (Å²) in [7, 11) is 0. The van der Waals surface area contributed by atoms with Crippen molar-refractivity contribution in [3.05, 3.63) is 29.3 Å². The first-order valence-electron chi connectivity index (χ1n) is 6.53. The first-order valence-corrected chi connectivity index (χ1v) is 6.53. The van der Waals surface area contributed by atoms with Crippen molar-refractivity contribution >= 4 is 18.3 Å². The molecule has 114 valence electrons. The van der Waals surface area contributed by atoms with Crippen molar-refractivity contribution in [2.45, 2.75) is 39.7 Å². The maximum atomic E-state index is 11.6. The molecule has 0 aliphatic carbocycles. The minimum Gasteiger partial charge on any atom is -0.493 e.